The number of rotatable bonds is 4. The van der Waals surface area contributed by atoms with Gasteiger partial charge in [0.05, 0.1) is 13.0 Å². The van der Waals surface area contributed by atoms with Crippen LogP contribution in [0.2, 0.25) is 0 Å². The minimum absolute atomic E-state index is 0. The maximum absolute atomic E-state index is 11.9. The third kappa shape index (κ3) is 4.39. The molecule has 1 aromatic carbocycles. The number of nitrogens with two attached hydrogens (primary N) is 1. The summed E-state index contributed by atoms with van der Waals surface area (Å²) in [5.41, 5.74) is 8.06. The number of benzene rings is 1. The molecule has 0 spiro atoms. The van der Waals surface area contributed by atoms with E-state index in [0.29, 0.717) is 19.6 Å². The molecule has 2 N–H and O–H groups in total. The first-order valence-electron chi connectivity index (χ1n) is 6.79. The molecule has 20 heavy (non-hydrogen) atoms. The van der Waals surface area contributed by atoms with Gasteiger partial charge in [0.15, 0.2) is 0 Å². The second-order valence-corrected chi connectivity index (χ2v) is 5.26. The van der Waals surface area contributed by atoms with Gasteiger partial charge in [-0.2, -0.15) is 0 Å². The third-order valence-corrected chi connectivity index (χ3v) is 3.49. The summed E-state index contributed by atoms with van der Waals surface area (Å²) in [5, 5.41) is 0. The lowest BCUT2D eigenvalue weighted by molar-refractivity contribution is -0.130. The topological polar surface area (TPSA) is 55.6 Å². The second-order valence-electron chi connectivity index (χ2n) is 5.26. The zero-order valence-electron chi connectivity index (χ0n) is 12.1. The number of hydrogen-bond donors (Lipinski definition) is 1. The van der Waals surface area contributed by atoms with Crippen molar-refractivity contribution in [2.24, 2.45) is 5.73 Å². The quantitative estimate of drug-likeness (QED) is 0.925. The fourth-order valence-corrected chi connectivity index (χ4v) is 2.28. The minimum Gasteiger partial charge on any atom is -0.493 e. The van der Waals surface area contributed by atoms with Crippen molar-refractivity contribution in [3.63, 3.8) is 0 Å². The molecule has 2 rings (SSSR count). The highest BCUT2D eigenvalue weighted by Gasteiger charge is 2.23. The van der Waals surface area contributed by atoms with Gasteiger partial charge in [0, 0.05) is 19.1 Å². The number of carbonyl (C=O) groups excluding carboxylic acids is 1. The Labute approximate surface area is 126 Å². The summed E-state index contributed by atoms with van der Waals surface area (Å²) in [6, 6.07) is 6.24. The summed E-state index contributed by atoms with van der Waals surface area (Å²) >= 11 is 0. The van der Waals surface area contributed by atoms with E-state index in [1.54, 1.807) is 0 Å². The molecule has 1 aliphatic rings. The van der Waals surface area contributed by atoms with Crippen LogP contribution >= 0.6 is 12.4 Å². The van der Waals surface area contributed by atoms with Crippen molar-refractivity contribution in [1.29, 1.82) is 0 Å². The van der Waals surface area contributed by atoms with Crippen LogP contribution in [0.5, 0.6) is 5.75 Å². The van der Waals surface area contributed by atoms with Gasteiger partial charge in [-0.15, -0.1) is 12.4 Å². The van der Waals surface area contributed by atoms with Crippen molar-refractivity contribution in [3.8, 4) is 5.75 Å². The van der Waals surface area contributed by atoms with Crippen LogP contribution in [0, 0.1) is 13.8 Å². The molecule has 1 atom stereocenters. The van der Waals surface area contributed by atoms with E-state index in [2.05, 4.69) is 6.07 Å². The van der Waals surface area contributed by atoms with Gasteiger partial charge in [0.2, 0.25) is 5.91 Å². The first-order chi connectivity index (χ1) is 9.06. The highest BCUT2D eigenvalue weighted by Crippen LogP contribution is 2.19. The number of halogens is 1. The Hall–Kier alpha value is -1.26. The zero-order valence-corrected chi connectivity index (χ0v) is 12.9. The Morgan fingerprint density at radius 1 is 1.45 bits per heavy atom. The second kappa shape index (κ2) is 7.50. The van der Waals surface area contributed by atoms with Crippen molar-refractivity contribution in [2.75, 3.05) is 19.7 Å². The fraction of sp³-hybridized carbons (Fsp3) is 0.533. The van der Waals surface area contributed by atoms with Gasteiger partial charge in [-0.25, -0.2) is 0 Å². The maximum atomic E-state index is 11.9. The minimum atomic E-state index is 0. The number of aryl methyl sites for hydroxylation is 2. The van der Waals surface area contributed by atoms with E-state index in [1.807, 2.05) is 30.9 Å². The standard InChI is InChI=1S/C15H22N2O2.ClH/c1-11-3-4-12(2)14(9-11)19-8-6-15(18)17-7-5-13(16)10-17;/h3-4,9,13H,5-8,10,16H2,1-2H3;1H/t13-;/m1./s1. The summed E-state index contributed by atoms with van der Waals surface area (Å²) in [6.45, 7) is 5.93. The summed E-state index contributed by atoms with van der Waals surface area (Å²) in [5.74, 6) is 1.00. The zero-order chi connectivity index (χ0) is 13.8. The summed E-state index contributed by atoms with van der Waals surface area (Å²) in [4.78, 5) is 13.8. The number of ether oxygens (including phenoxy) is 1. The van der Waals surface area contributed by atoms with Crippen molar-refractivity contribution in [3.05, 3.63) is 29.3 Å². The van der Waals surface area contributed by atoms with Crippen LogP contribution in [0.4, 0.5) is 0 Å². The molecule has 1 heterocycles. The van der Waals surface area contributed by atoms with Gasteiger partial charge in [-0.3, -0.25) is 4.79 Å². The van der Waals surface area contributed by atoms with Crippen LogP contribution in [-0.4, -0.2) is 36.5 Å². The van der Waals surface area contributed by atoms with E-state index < -0.39 is 0 Å². The van der Waals surface area contributed by atoms with E-state index in [-0.39, 0.29) is 24.4 Å². The Bertz CT molecular complexity index is 465. The lowest BCUT2D eigenvalue weighted by atomic mass is 10.1. The molecule has 112 valence electrons. The van der Waals surface area contributed by atoms with E-state index in [1.165, 1.54) is 0 Å². The molecule has 4 nitrogen and oxygen atoms in total. The summed E-state index contributed by atoms with van der Waals surface area (Å²) in [7, 11) is 0. The highest BCUT2D eigenvalue weighted by molar-refractivity contribution is 5.85. The van der Waals surface area contributed by atoms with Gasteiger partial charge in [0.25, 0.3) is 0 Å². The lowest BCUT2D eigenvalue weighted by Crippen LogP contribution is -2.32. The molecule has 0 radical (unpaired) electrons. The predicted molar refractivity (Wildman–Crippen MR) is 82.4 cm³/mol. The molecule has 1 aliphatic heterocycles. The summed E-state index contributed by atoms with van der Waals surface area (Å²) in [6.07, 6.45) is 1.32. The molecule has 1 aromatic rings. The number of likely N-dealkylation sites (tertiary alicyclic amines) is 1. The fourth-order valence-electron chi connectivity index (χ4n) is 2.28. The van der Waals surface area contributed by atoms with Crippen LogP contribution in [-0.2, 0) is 4.79 Å². The predicted octanol–water partition coefficient (Wildman–Crippen LogP) is 2.05. The smallest absolute Gasteiger partial charge is 0.226 e. The lowest BCUT2D eigenvalue weighted by Gasteiger charge is -2.16. The number of carbonyl (C=O) groups is 1. The Kier molecular flexibility index (Phi) is 6.30. The SMILES string of the molecule is Cc1ccc(C)c(OCCC(=O)N2CC[C@@H](N)C2)c1.Cl. The van der Waals surface area contributed by atoms with Crippen molar-refractivity contribution in [2.45, 2.75) is 32.7 Å². The molecular formula is C15H23ClN2O2. The van der Waals surface area contributed by atoms with Crippen LogP contribution in [0.3, 0.4) is 0 Å². The van der Waals surface area contributed by atoms with E-state index >= 15 is 0 Å². The average molecular weight is 299 g/mol. The highest BCUT2D eigenvalue weighted by atomic mass is 35.5. The molecular weight excluding hydrogens is 276 g/mol. The van der Waals surface area contributed by atoms with Crippen LogP contribution < -0.4 is 10.5 Å². The molecule has 1 amide bonds. The van der Waals surface area contributed by atoms with Crippen molar-refractivity contribution in [1.82, 2.24) is 4.90 Å². The first kappa shape index (κ1) is 16.8. The van der Waals surface area contributed by atoms with E-state index in [4.69, 9.17) is 10.5 Å². The van der Waals surface area contributed by atoms with Crippen molar-refractivity contribution >= 4 is 18.3 Å². The molecule has 0 unspecified atom stereocenters. The largest absolute Gasteiger partial charge is 0.493 e. The van der Waals surface area contributed by atoms with Crippen LogP contribution in [0.15, 0.2) is 18.2 Å². The Balaban J connectivity index is 0.00000200. The average Bonchev–Trinajstić information content (AvgIpc) is 2.80. The monoisotopic (exact) mass is 298 g/mol. The molecule has 0 aliphatic carbocycles. The number of hydrogen-bond acceptors (Lipinski definition) is 3. The van der Waals surface area contributed by atoms with E-state index in [0.717, 1.165) is 29.8 Å². The molecule has 1 saturated heterocycles. The van der Waals surface area contributed by atoms with Gasteiger partial charge in [0.1, 0.15) is 5.75 Å². The van der Waals surface area contributed by atoms with Gasteiger partial charge in [-0.05, 0) is 37.5 Å². The Morgan fingerprint density at radius 3 is 2.85 bits per heavy atom. The molecule has 0 saturated carbocycles. The number of amides is 1. The summed E-state index contributed by atoms with van der Waals surface area (Å²) < 4.78 is 5.70. The van der Waals surface area contributed by atoms with E-state index in [9.17, 15) is 4.79 Å². The Morgan fingerprint density at radius 2 is 2.20 bits per heavy atom. The van der Waals surface area contributed by atoms with Gasteiger partial charge in [-0.1, -0.05) is 12.1 Å². The normalized spacial score (nSPS) is 17.8. The van der Waals surface area contributed by atoms with Crippen LogP contribution in [0.25, 0.3) is 0 Å². The third-order valence-electron chi connectivity index (χ3n) is 3.49. The molecule has 1 fully saturated rings. The first-order valence-corrected chi connectivity index (χ1v) is 6.79. The molecule has 5 heteroatoms. The van der Waals surface area contributed by atoms with Gasteiger partial charge >= 0.3 is 0 Å². The number of nitrogens with zero attached hydrogens (tertiary/aromatic N) is 1. The molecule has 0 aromatic heterocycles. The maximum Gasteiger partial charge on any atom is 0.226 e. The molecule has 0 bridgehead atoms. The van der Waals surface area contributed by atoms with Gasteiger partial charge < -0.3 is 15.4 Å². The van der Waals surface area contributed by atoms with Crippen LogP contribution in [0.1, 0.15) is 24.0 Å². The van der Waals surface area contributed by atoms with Crippen molar-refractivity contribution < 1.29 is 9.53 Å².